The molecule has 0 aliphatic rings. The Bertz CT molecular complexity index is 967. The van der Waals surface area contributed by atoms with Crippen LogP contribution in [0, 0.1) is 0 Å². The first-order chi connectivity index (χ1) is 13.1. The lowest BCUT2D eigenvalue weighted by molar-refractivity contribution is -0.0493. The molecule has 14 heteroatoms. The summed E-state index contributed by atoms with van der Waals surface area (Å²) in [7, 11) is -3.96. The number of nitrogens with one attached hydrogen (secondary N) is 2. The van der Waals surface area contributed by atoms with Gasteiger partial charge in [0.1, 0.15) is 5.69 Å². The van der Waals surface area contributed by atoms with Crippen molar-refractivity contribution in [2.75, 3.05) is 10.0 Å². The molecule has 1 aromatic heterocycles. The number of benzene rings is 1. The number of carbonyl (C=O) groups excluding carboxylic acids is 1. The van der Waals surface area contributed by atoms with Gasteiger partial charge in [-0.05, 0) is 43.3 Å². The fraction of sp³-hybridized carbons (Fsp3) is 0.429. The van der Waals surface area contributed by atoms with Crippen LogP contribution < -0.4 is 14.8 Å². The van der Waals surface area contributed by atoms with Gasteiger partial charge in [0.25, 0.3) is 5.91 Å². The van der Waals surface area contributed by atoms with Crippen molar-refractivity contribution < 1.29 is 26.7 Å². The van der Waals surface area contributed by atoms with Crippen LogP contribution in [0.1, 0.15) is 31.1 Å². The van der Waals surface area contributed by atoms with E-state index >= 15 is 0 Å². The van der Waals surface area contributed by atoms with Gasteiger partial charge in [-0.25, -0.2) is 13.1 Å². The Morgan fingerprint density at radius 2 is 2.04 bits per heavy atom. The lowest BCUT2D eigenvalue weighted by Crippen LogP contribution is -2.24. The molecule has 0 radical (unpaired) electrons. The predicted molar refractivity (Wildman–Crippen MR) is 97.2 cm³/mol. The Kier molecular flexibility index (Phi) is 6.72. The summed E-state index contributed by atoms with van der Waals surface area (Å²) < 4.78 is 57.4. The van der Waals surface area contributed by atoms with Gasteiger partial charge in [-0.2, -0.15) is 8.78 Å². The molecule has 154 valence electrons. The second-order valence-corrected chi connectivity index (χ2v) is 8.26. The highest BCUT2D eigenvalue weighted by Crippen LogP contribution is 2.37. The Balaban J connectivity index is 2.46. The van der Waals surface area contributed by atoms with Crippen molar-refractivity contribution in [1.29, 1.82) is 0 Å². The van der Waals surface area contributed by atoms with Crippen LogP contribution in [-0.4, -0.2) is 46.4 Å². The average molecular weight is 439 g/mol. The van der Waals surface area contributed by atoms with E-state index in [2.05, 4.69) is 30.3 Å². The van der Waals surface area contributed by atoms with Crippen molar-refractivity contribution in [2.45, 2.75) is 39.2 Å². The van der Waals surface area contributed by atoms with Crippen LogP contribution in [0.5, 0.6) is 5.75 Å². The van der Waals surface area contributed by atoms with Gasteiger partial charge >= 0.3 is 6.61 Å². The summed E-state index contributed by atoms with van der Waals surface area (Å²) in [5.41, 5.74) is -0.672. The Morgan fingerprint density at radius 1 is 1.36 bits per heavy atom. The number of carbonyl (C=O) groups is 1. The second kappa shape index (κ2) is 8.65. The number of ether oxygens (including phenoxy) is 1. The van der Waals surface area contributed by atoms with Crippen molar-refractivity contribution in [3.8, 4) is 5.75 Å². The van der Waals surface area contributed by atoms with Gasteiger partial charge < -0.3 is 4.74 Å². The molecule has 0 aliphatic carbocycles. The maximum Gasteiger partial charge on any atom is 0.387 e. The molecule has 0 saturated carbocycles. The fourth-order valence-electron chi connectivity index (χ4n) is 1.96. The normalized spacial score (nSPS) is 11.7. The van der Waals surface area contributed by atoms with Gasteiger partial charge in [0.05, 0.1) is 15.8 Å². The van der Waals surface area contributed by atoms with Crippen molar-refractivity contribution in [1.82, 2.24) is 20.2 Å². The molecule has 0 atom stereocenters. The number of aromatic nitrogens is 4. The lowest BCUT2D eigenvalue weighted by Gasteiger charge is -2.18. The molecule has 2 rings (SSSR count). The Labute approximate surface area is 164 Å². The monoisotopic (exact) mass is 438 g/mol. The molecule has 1 aromatic carbocycles. The summed E-state index contributed by atoms with van der Waals surface area (Å²) in [6.07, 6.45) is 0. The largest absolute Gasteiger partial charge is 0.433 e. The zero-order valence-electron chi connectivity index (χ0n) is 15.0. The smallest absolute Gasteiger partial charge is 0.387 e. The highest BCUT2D eigenvalue weighted by Gasteiger charge is 2.25. The molecule has 0 aliphatic heterocycles. The minimum Gasteiger partial charge on any atom is -0.433 e. The van der Waals surface area contributed by atoms with E-state index in [4.69, 9.17) is 11.6 Å². The van der Waals surface area contributed by atoms with E-state index < -0.39 is 44.3 Å². The molecule has 28 heavy (non-hydrogen) atoms. The third-order valence-corrected chi connectivity index (χ3v) is 5.61. The van der Waals surface area contributed by atoms with E-state index in [-0.39, 0.29) is 11.5 Å². The summed E-state index contributed by atoms with van der Waals surface area (Å²) in [6, 6.07) is 2.12. The fourth-order valence-corrected chi connectivity index (χ4v) is 3.03. The number of halogens is 3. The average Bonchev–Trinajstić information content (AvgIpc) is 3.04. The maximum atomic E-state index is 12.7. The van der Waals surface area contributed by atoms with E-state index in [1.165, 1.54) is 18.5 Å². The van der Waals surface area contributed by atoms with Crippen molar-refractivity contribution in [2.24, 2.45) is 0 Å². The van der Waals surface area contributed by atoms with Crippen LogP contribution in [0.2, 0.25) is 5.02 Å². The molecule has 1 amide bonds. The highest BCUT2D eigenvalue weighted by molar-refractivity contribution is 7.93. The third-order valence-electron chi connectivity index (χ3n) is 3.49. The standard InChI is InChI=1S/C14H17ClF2N6O4S/c1-4-23-14(19-21-22-23)18-12(24)8-5-6-9(27-13(16)17)11(10(8)15)20-28(25,26)7(2)3/h5-7,13,20H,4H2,1-3H3,(H,18,19,22,24). The summed E-state index contributed by atoms with van der Waals surface area (Å²) in [4.78, 5) is 12.5. The van der Waals surface area contributed by atoms with Crippen molar-refractivity contribution in [3.05, 3.63) is 22.7 Å². The maximum absolute atomic E-state index is 12.7. The van der Waals surface area contributed by atoms with Crippen LogP contribution in [0.25, 0.3) is 0 Å². The number of aryl methyl sites for hydroxylation is 1. The number of hydrogen-bond donors (Lipinski definition) is 2. The summed E-state index contributed by atoms with van der Waals surface area (Å²) in [5.74, 6) is -1.27. The number of alkyl halides is 2. The van der Waals surface area contributed by atoms with Crippen LogP contribution in [0.15, 0.2) is 12.1 Å². The van der Waals surface area contributed by atoms with Crippen LogP contribution in [-0.2, 0) is 16.6 Å². The summed E-state index contributed by atoms with van der Waals surface area (Å²) >= 11 is 6.15. The molecule has 0 saturated heterocycles. The molecule has 2 N–H and O–H groups in total. The van der Waals surface area contributed by atoms with Gasteiger partial charge in [-0.1, -0.05) is 16.7 Å². The second-order valence-electron chi connectivity index (χ2n) is 5.65. The molecule has 10 nitrogen and oxygen atoms in total. The number of hydrogen-bond acceptors (Lipinski definition) is 7. The lowest BCUT2D eigenvalue weighted by atomic mass is 10.1. The van der Waals surface area contributed by atoms with Gasteiger partial charge in [0, 0.05) is 6.54 Å². The van der Waals surface area contributed by atoms with E-state index in [9.17, 15) is 22.0 Å². The first-order valence-electron chi connectivity index (χ1n) is 7.93. The zero-order chi connectivity index (χ0) is 21.1. The molecule has 0 unspecified atom stereocenters. The van der Waals surface area contributed by atoms with Gasteiger partial charge in [0.2, 0.25) is 16.0 Å². The van der Waals surface area contributed by atoms with Gasteiger partial charge in [-0.15, -0.1) is 0 Å². The summed E-state index contributed by atoms with van der Waals surface area (Å²) in [6.45, 7) is 1.65. The Hall–Kier alpha value is -2.54. The van der Waals surface area contributed by atoms with Crippen molar-refractivity contribution in [3.63, 3.8) is 0 Å². The van der Waals surface area contributed by atoms with E-state index in [0.29, 0.717) is 6.54 Å². The molecular formula is C14H17ClF2N6O4S. The highest BCUT2D eigenvalue weighted by atomic mass is 35.5. The zero-order valence-corrected chi connectivity index (χ0v) is 16.6. The Morgan fingerprint density at radius 3 is 2.61 bits per heavy atom. The molecule has 0 spiro atoms. The number of rotatable bonds is 8. The minimum atomic E-state index is -3.96. The van der Waals surface area contributed by atoms with Crippen molar-refractivity contribution >= 4 is 39.2 Å². The quantitative estimate of drug-likeness (QED) is 0.647. The first-order valence-corrected chi connectivity index (χ1v) is 9.85. The predicted octanol–water partition coefficient (Wildman–Crippen LogP) is 2.35. The van der Waals surface area contributed by atoms with E-state index in [0.717, 1.165) is 12.1 Å². The van der Waals surface area contributed by atoms with Crippen LogP contribution >= 0.6 is 11.6 Å². The molecular weight excluding hydrogens is 422 g/mol. The van der Waals surface area contributed by atoms with E-state index in [1.54, 1.807) is 6.92 Å². The summed E-state index contributed by atoms with van der Waals surface area (Å²) in [5, 5.41) is 11.8. The minimum absolute atomic E-state index is 0.0285. The SMILES string of the molecule is CCn1nnnc1NC(=O)c1ccc(OC(F)F)c(NS(=O)(=O)C(C)C)c1Cl. The van der Waals surface area contributed by atoms with Crippen LogP contribution in [0.3, 0.4) is 0 Å². The van der Waals surface area contributed by atoms with E-state index in [1.807, 2.05) is 0 Å². The van der Waals surface area contributed by atoms with Gasteiger partial charge in [0.15, 0.2) is 5.75 Å². The number of tetrazole rings is 1. The molecule has 0 fully saturated rings. The third kappa shape index (κ3) is 4.84. The number of amides is 1. The number of nitrogens with zero attached hydrogens (tertiary/aromatic N) is 4. The first kappa shape index (κ1) is 21.8. The number of sulfonamides is 1. The topological polar surface area (TPSA) is 128 Å². The molecule has 1 heterocycles. The molecule has 0 bridgehead atoms. The number of anilines is 2. The molecule has 2 aromatic rings. The van der Waals surface area contributed by atoms with Gasteiger partial charge in [-0.3, -0.25) is 14.8 Å². The van der Waals surface area contributed by atoms with Crippen LogP contribution in [0.4, 0.5) is 20.4 Å².